The fraction of sp³-hybridized carbons (Fsp3) is 0.353. The molecule has 7 heteroatoms. The van der Waals surface area contributed by atoms with Gasteiger partial charge < -0.3 is 0 Å². The molecule has 0 unspecified atom stereocenters. The van der Waals surface area contributed by atoms with Crippen LogP contribution in [0.15, 0.2) is 106 Å². The molecule has 0 saturated carbocycles. The van der Waals surface area contributed by atoms with Crippen LogP contribution < -0.4 is 0 Å². The van der Waals surface area contributed by atoms with Crippen molar-refractivity contribution in [1.29, 1.82) is 0 Å². The summed E-state index contributed by atoms with van der Waals surface area (Å²) in [5.41, 5.74) is 10.1. The zero-order valence-electron chi connectivity index (χ0n) is 34.9. The van der Waals surface area contributed by atoms with E-state index < -0.39 is 44.7 Å². The molecule has 0 nitrogen and oxygen atoms in total. The van der Waals surface area contributed by atoms with Crippen molar-refractivity contribution in [2.24, 2.45) is 10.8 Å². The second-order valence-electron chi connectivity index (χ2n) is 19.7. The van der Waals surface area contributed by atoms with Gasteiger partial charge in [-0.2, -0.15) is 0 Å². The number of rotatable bonds is 4. The van der Waals surface area contributed by atoms with Gasteiger partial charge in [0.15, 0.2) is 0 Å². The standard InChI is InChI=1S/C31H37.C15H8F6.C5H5.Zr/c1-28(2,3)26-16-30(7,8)24-12-18-11-19-13-25-23(15-21(19)20(18)14-22(24)26)27(29(4,5)6)17-31(25,9)10;16-14(17,18)12-5-1-3-10(8-12)7-11-4-2-6-13(9-11)15(19,20)21;1-2-4-5-3-1;/h11-17H,1-10H3;1-6,8-9H;1-3H,4H2;. The minimum atomic E-state index is -4.63. The molecule has 58 heavy (non-hydrogen) atoms. The quantitative estimate of drug-likeness (QED) is 0.179. The summed E-state index contributed by atoms with van der Waals surface area (Å²) < 4.78 is 88.6. The molecule has 8 rings (SSSR count). The molecule has 0 N–H and O–H groups in total. The monoisotopic (exact) mass is 866 g/mol. The third kappa shape index (κ3) is 6.86. The fourth-order valence-corrected chi connectivity index (χ4v) is 18.7. The van der Waals surface area contributed by atoms with Gasteiger partial charge in [-0.3, -0.25) is 0 Å². The summed E-state index contributed by atoms with van der Waals surface area (Å²) in [6, 6.07) is 20.0. The van der Waals surface area contributed by atoms with Gasteiger partial charge in [0.05, 0.1) is 0 Å². The first-order chi connectivity index (χ1) is 26.8. The normalized spacial score (nSPS) is 18.0. The van der Waals surface area contributed by atoms with E-state index in [1.165, 1.54) is 45.5 Å². The van der Waals surface area contributed by atoms with Crippen LogP contribution in [-0.4, -0.2) is 3.21 Å². The number of benzene rings is 4. The molecule has 0 radical (unpaired) electrons. The molecule has 0 aromatic heterocycles. The number of halogens is 6. The Morgan fingerprint density at radius 2 is 1.02 bits per heavy atom. The number of hydrogen-bond acceptors (Lipinski definition) is 0. The summed E-state index contributed by atoms with van der Waals surface area (Å²) in [4.78, 5) is 0. The molecule has 4 aliphatic rings. The van der Waals surface area contributed by atoms with E-state index in [2.05, 4.69) is 118 Å². The van der Waals surface area contributed by atoms with Crippen molar-refractivity contribution in [1.82, 2.24) is 0 Å². The van der Waals surface area contributed by atoms with Gasteiger partial charge in [0.2, 0.25) is 0 Å². The Hall–Kier alpha value is -3.83. The van der Waals surface area contributed by atoms with E-state index in [1.54, 1.807) is 12.1 Å². The van der Waals surface area contributed by atoms with Crippen LogP contribution in [-0.2, 0) is 44.4 Å². The predicted molar refractivity (Wildman–Crippen MR) is 223 cm³/mol. The number of hydrogen-bond donors (Lipinski definition) is 0. The van der Waals surface area contributed by atoms with Crippen molar-refractivity contribution >= 4 is 14.4 Å². The summed E-state index contributed by atoms with van der Waals surface area (Å²) in [5, 5.41) is 0. The average Bonchev–Trinajstić information content (AvgIpc) is 3.87. The molecule has 0 heterocycles. The van der Waals surface area contributed by atoms with Gasteiger partial charge >= 0.3 is 348 Å². The molecular formula is C51H50F6Zr. The minimum absolute atomic E-state index is 0.128. The summed E-state index contributed by atoms with van der Waals surface area (Å²) in [7, 11) is 0. The third-order valence-corrected chi connectivity index (χ3v) is 20.8. The molecule has 300 valence electrons. The van der Waals surface area contributed by atoms with Crippen molar-refractivity contribution in [3.05, 3.63) is 162 Å². The second-order valence-corrected chi connectivity index (χ2v) is 26.0. The number of alkyl halides is 6. The van der Waals surface area contributed by atoms with E-state index in [0.29, 0.717) is 20.8 Å². The van der Waals surface area contributed by atoms with Crippen LogP contribution in [0.3, 0.4) is 0 Å². The Labute approximate surface area is 346 Å². The Morgan fingerprint density at radius 3 is 1.38 bits per heavy atom. The first-order valence-electron chi connectivity index (χ1n) is 20.1. The summed E-state index contributed by atoms with van der Waals surface area (Å²) in [5.74, 6) is 0. The van der Waals surface area contributed by atoms with Gasteiger partial charge in [-0.25, -0.2) is 0 Å². The maximum absolute atomic E-state index is 14.5. The van der Waals surface area contributed by atoms with E-state index in [0.717, 1.165) is 49.8 Å². The molecule has 0 spiro atoms. The van der Waals surface area contributed by atoms with E-state index in [-0.39, 0.29) is 25.3 Å². The Balaban J connectivity index is 1.54. The second kappa shape index (κ2) is 13.3. The molecule has 0 saturated heterocycles. The van der Waals surface area contributed by atoms with Crippen LogP contribution in [0.5, 0.6) is 0 Å². The molecule has 4 aromatic rings. The SMILES string of the molecule is CC(C)(C)C1=CC(C)(C)c2cc3c(cc21)-c1cc2c(cc1[CH]3[Zr]([C]1=CC=CC1)=[C](c1cccc(C(F)(F)F)c1)c1cccc(C(F)(F)F)c1)C(C)(C)C=C2C(C)(C)C. The van der Waals surface area contributed by atoms with Crippen molar-refractivity contribution in [2.75, 3.05) is 0 Å². The van der Waals surface area contributed by atoms with Gasteiger partial charge in [-0.15, -0.1) is 0 Å². The number of allylic oxidation sites excluding steroid dienone is 8. The van der Waals surface area contributed by atoms with Gasteiger partial charge in [-0.1, -0.05) is 0 Å². The molecule has 0 amide bonds. The third-order valence-electron chi connectivity index (χ3n) is 12.5. The van der Waals surface area contributed by atoms with Crippen molar-refractivity contribution in [3.63, 3.8) is 0 Å². The van der Waals surface area contributed by atoms with E-state index >= 15 is 0 Å². The van der Waals surface area contributed by atoms with Gasteiger partial charge in [0.25, 0.3) is 0 Å². The molecule has 4 aliphatic carbocycles. The molecule has 0 aliphatic heterocycles. The van der Waals surface area contributed by atoms with Crippen LogP contribution in [0, 0.1) is 10.8 Å². The van der Waals surface area contributed by atoms with Crippen molar-refractivity contribution in [2.45, 2.75) is 102 Å². The zero-order chi connectivity index (χ0) is 42.1. The average molecular weight is 868 g/mol. The van der Waals surface area contributed by atoms with Crippen LogP contribution in [0.25, 0.3) is 22.3 Å². The zero-order valence-corrected chi connectivity index (χ0v) is 37.3. The maximum atomic E-state index is 14.5. The topological polar surface area (TPSA) is 0 Å². The van der Waals surface area contributed by atoms with Crippen LogP contribution in [0.4, 0.5) is 26.3 Å². The van der Waals surface area contributed by atoms with Crippen LogP contribution in [0.2, 0.25) is 0 Å². The fourth-order valence-electron chi connectivity index (χ4n) is 9.76. The predicted octanol–water partition coefficient (Wildman–Crippen LogP) is 15.0. The first-order valence-corrected chi connectivity index (χ1v) is 24.0. The van der Waals surface area contributed by atoms with Crippen LogP contribution in [0.1, 0.15) is 135 Å². The van der Waals surface area contributed by atoms with Gasteiger partial charge in [0.1, 0.15) is 0 Å². The summed E-state index contributed by atoms with van der Waals surface area (Å²) >= 11 is -3.74. The van der Waals surface area contributed by atoms with Crippen molar-refractivity contribution in [3.8, 4) is 11.1 Å². The number of fused-ring (bicyclic) bond motifs is 5. The summed E-state index contributed by atoms with van der Waals surface area (Å²) in [6.07, 6.45) is 2.26. The Morgan fingerprint density at radius 1 is 0.586 bits per heavy atom. The molecular weight excluding hydrogens is 818 g/mol. The van der Waals surface area contributed by atoms with Crippen LogP contribution >= 0.6 is 0 Å². The molecule has 0 atom stereocenters. The van der Waals surface area contributed by atoms with Gasteiger partial charge in [0, 0.05) is 0 Å². The summed E-state index contributed by atoms with van der Waals surface area (Å²) in [6.45, 7) is 22.4. The molecule has 0 bridgehead atoms. The van der Waals surface area contributed by atoms with Gasteiger partial charge in [-0.05, 0) is 0 Å². The first kappa shape index (κ1) is 40.9. The molecule has 0 fully saturated rings. The Kier molecular flexibility index (Phi) is 9.41. The Bertz CT molecular complexity index is 2410. The van der Waals surface area contributed by atoms with E-state index in [9.17, 15) is 26.3 Å². The van der Waals surface area contributed by atoms with E-state index in [4.69, 9.17) is 0 Å². The van der Waals surface area contributed by atoms with E-state index in [1.807, 2.05) is 6.08 Å². The molecule has 4 aromatic carbocycles. The van der Waals surface area contributed by atoms with Crippen molar-refractivity contribution < 1.29 is 47.6 Å².